The number of nitrogens with one attached hydrogen (secondary N) is 1. The van der Waals surface area contributed by atoms with Gasteiger partial charge in [0.1, 0.15) is 5.75 Å². The van der Waals surface area contributed by atoms with Gasteiger partial charge in [-0.05, 0) is 61.4 Å². The van der Waals surface area contributed by atoms with Crippen molar-refractivity contribution in [2.24, 2.45) is 0 Å². The molecular formula is C26H24N2O2. The first kappa shape index (κ1) is 19.6. The highest BCUT2D eigenvalue weighted by Gasteiger charge is 2.14. The van der Waals surface area contributed by atoms with Crippen LogP contribution in [0.25, 0.3) is 22.2 Å². The molecule has 0 aliphatic heterocycles. The Balaban J connectivity index is 1.65. The summed E-state index contributed by atoms with van der Waals surface area (Å²) in [6.45, 7) is 2.60. The van der Waals surface area contributed by atoms with Gasteiger partial charge in [-0.3, -0.25) is 4.79 Å². The summed E-state index contributed by atoms with van der Waals surface area (Å²) in [5, 5.41) is 3.93. The maximum atomic E-state index is 13.1. The van der Waals surface area contributed by atoms with Crippen LogP contribution in [-0.2, 0) is 6.42 Å². The zero-order valence-corrected chi connectivity index (χ0v) is 17.2. The molecule has 4 heteroatoms. The number of hydrogen-bond acceptors (Lipinski definition) is 3. The van der Waals surface area contributed by atoms with E-state index in [1.54, 1.807) is 7.11 Å². The van der Waals surface area contributed by atoms with Gasteiger partial charge in [0.2, 0.25) is 0 Å². The van der Waals surface area contributed by atoms with E-state index in [2.05, 4.69) is 17.4 Å². The van der Waals surface area contributed by atoms with Gasteiger partial charge in [-0.15, -0.1) is 0 Å². The number of aryl methyl sites for hydroxylation is 1. The Kier molecular flexibility index (Phi) is 5.75. The van der Waals surface area contributed by atoms with E-state index < -0.39 is 0 Å². The molecule has 1 N–H and O–H groups in total. The van der Waals surface area contributed by atoms with Crippen molar-refractivity contribution in [3.63, 3.8) is 0 Å². The summed E-state index contributed by atoms with van der Waals surface area (Å²) in [6, 6.07) is 25.8. The largest absolute Gasteiger partial charge is 0.497 e. The minimum atomic E-state index is -0.0845. The smallest absolute Gasteiger partial charge is 0.252 e. The van der Waals surface area contributed by atoms with Crippen LogP contribution in [0.2, 0.25) is 0 Å². The van der Waals surface area contributed by atoms with Gasteiger partial charge in [0, 0.05) is 17.5 Å². The molecule has 0 atom stereocenters. The highest BCUT2D eigenvalue weighted by Crippen LogP contribution is 2.27. The van der Waals surface area contributed by atoms with Gasteiger partial charge in [0.25, 0.3) is 5.91 Å². The van der Waals surface area contributed by atoms with Gasteiger partial charge in [0.15, 0.2) is 0 Å². The minimum absolute atomic E-state index is 0.0845. The Hall–Kier alpha value is -3.66. The monoisotopic (exact) mass is 396 g/mol. The summed E-state index contributed by atoms with van der Waals surface area (Å²) < 4.78 is 5.25. The van der Waals surface area contributed by atoms with Crippen LogP contribution in [0.4, 0.5) is 0 Å². The Bertz CT molecular complexity index is 1170. The standard InChI is InChI=1S/C26H24N2O2/c1-18-8-13-24-22(16-18)23(26(29)27-15-14-19-6-4-3-5-7-19)17-25(28-24)20-9-11-21(30-2)12-10-20/h3-13,16-17H,14-15H2,1-2H3,(H,27,29). The molecule has 4 nitrogen and oxygen atoms in total. The number of carbonyl (C=O) groups excluding carboxylic acids is 1. The number of nitrogens with zero attached hydrogens (tertiary/aromatic N) is 1. The number of hydrogen-bond donors (Lipinski definition) is 1. The first-order chi connectivity index (χ1) is 14.6. The SMILES string of the molecule is COc1ccc(-c2cc(C(=O)NCCc3ccccc3)c3cc(C)ccc3n2)cc1. The molecule has 1 heterocycles. The van der Waals surface area contributed by atoms with E-state index in [1.165, 1.54) is 5.56 Å². The third kappa shape index (κ3) is 4.33. The van der Waals surface area contributed by atoms with E-state index in [1.807, 2.05) is 73.7 Å². The number of amides is 1. The van der Waals surface area contributed by atoms with Crippen molar-refractivity contribution in [3.8, 4) is 17.0 Å². The van der Waals surface area contributed by atoms with Crippen LogP contribution in [0, 0.1) is 6.92 Å². The lowest BCUT2D eigenvalue weighted by atomic mass is 10.0. The fraction of sp³-hybridized carbons (Fsp3) is 0.154. The van der Waals surface area contributed by atoms with Gasteiger partial charge in [-0.2, -0.15) is 0 Å². The number of pyridine rings is 1. The molecule has 30 heavy (non-hydrogen) atoms. The molecule has 4 rings (SSSR count). The molecule has 0 bridgehead atoms. The molecule has 0 radical (unpaired) electrons. The van der Waals surface area contributed by atoms with E-state index >= 15 is 0 Å². The first-order valence-corrected chi connectivity index (χ1v) is 10.0. The van der Waals surface area contributed by atoms with Gasteiger partial charge >= 0.3 is 0 Å². The minimum Gasteiger partial charge on any atom is -0.497 e. The Morgan fingerprint density at radius 3 is 2.47 bits per heavy atom. The van der Waals surface area contributed by atoms with Crippen molar-refractivity contribution in [2.45, 2.75) is 13.3 Å². The van der Waals surface area contributed by atoms with Crippen molar-refractivity contribution in [2.75, 3.05) is 13.7 Å². The lowest BCUT2D eigenvalue weighted by Crippen LogP contribution is -2.26. The summed E-state index contributed by atoms with van der Waals surface area (Å²) in [4.78, 5) is 17.9. The maximum Gasteiger partial charge on any atom is 0.252 e. The van der Waals surface area contributed by atoms with Crippen LogP contribution in [0.1, 0.15) is 21.5 Å². The quantitative estimate of drug-likeness (QED) is 0.488. The van der Waals surface area contributed by atoms with Gasteiger partial charge in [-0.25, -0.2) is 4.98 Å². The van der Waals surface area contributed by atoms with E-state index in [0.717, 1.165) is 39.9 Å². The Labute approximate surface area is 176 Å². The molecular weight excluding hydrogens is 372 g/mol. The number of benzene rings is 3. The zero-order valence-electron chi connectivity index (χ0n) is 17.2. The third-order valence-electron chi connectivity index (χ3n) is 5.14. The molecule has 0 aliphatic rings. The number of methoxy groups -OCH3 is 1. The molecule has 1 amide bonds. The highest BCUT2D eigenvalue weighted by molar-refractivity contribution is 6.07. The van der Waals surface area contributed by atoms with E-state index in [4.69, 9.17) is 9.72 Å². The molecule has 0 saturated carbocycles. The lowest BCUT2D eigenvalue weighted by molar-refractivity contribution is 0.0956. The molecule has 150 valence electrons. The molecule has 1 aromatic heterocycles. The van der Waals surface area contributed by atoms with Crippen LogP contribution in [0.5, 0.6) is 5.75 Å². The molecule has 0 saturated heterocycles. The van der Waals surface area contributed by atoms with E-state index in [9.17, 15) is 4.79 Å². The normalized spacial score (nSPS) is 10.7. The van der Waals surface area contributed by atoms with Crippen LogP contribution in [0.15, 0.2) is 78.9 Å². The van der Waals surface area contributed by atoms with Crippen LogP contribution >= 0.6 is 0 Å². The van der Waals surface area contributed by atoms with Crippen LogP contribution in [-0.4, -0.2) is 24.5 Å². The maximum absolute atomic E-state index is 13.1. The van der Waals surface area contributed by atoms with Gasteiger partial charge in [-0.1, -0.05) is 42.0 Å². The molecule has 3 aromatic carbocycles. The van der Waals surface area contributed by atoms with Crippen molar-refractivity contribution in [3.05, 3.63) is 95.6 Å². The predicted octanol–water partition coefficient (Wildman–Crippen LogP) is 5.19. The van der Waals surface area contributed by atoms with Crippen molar-refractivity contribution < 1.29 is 9.53 Å². The van der Waals surface area contributed by atoms with E-state index in [0.29, 0.717) is 12.1 Å². The topological polar surface area (TPSA) is 51.2 Å². The zero-order chi connectivity index (χ0) is 20.9. The fourth-order valence-electron chi connectivity index (χ4n) is 3.50. The van der Waals surface area contributed by atoms with Gasteiger partial charge in [0.05, 0.1) is 23.9 Å². The van der Waals surface area contributed by atoms with Gasteiger partial charge < -0.3 is 10.1 Å². The second-order valence-electron chi connectivity index (χ2n) is 7.30. The molecule has 4 aromatic rings. The molecule has 0 unspecified atom stereocenters. The van der Waals surface area contributed by atoms with Crippen molar-refractivity contribution in [1.29, 1.82) is 0 Å². The Morgan fingerprint density at radius 2 is 1.73 bits per heavy atom. The summed E-state index contributed by atoms with van der Waals surface area (Å²) in [6.07, 6.45) is 0.792. The first-order valence-electron chi connectivity index (χ1n) is 10.0. The number of ether oxygens (including phenoxy) is 1. The third-order valence-corrected chi connectivity index (χ3v) is 5.14. The summed E-state index contributed by atoms with van der Waals surface area (Å²) in [5.74, 6) is 0.702. The van der Waals surface area contributed by atoms with Crippen LogP contribution < -0.4 is 10.1 Å². The highest BCUT2D eigenvalue weighted by atomic mass is 16.5. The second kappa shape index (κ2) is 8.78. The number of rotatable bonds is 6. The average molecular weight is 396 g/mol. The molecule has 0 aliphatic carbocycles. The van der Waals surface area contributed by atoms with Crippen molar-refractivity contribution in [1.82, 2.24) is 10.3 Å². The lowest BCUT2D eigenvalue weighted by Gasteiger charge is -2.12. The fourth-order valence-corrected chi connectivity index (χ4v) is 3.50. The summed E-state index contributed by atoms with van der Waals surface area (Å²) >= 11 is 0. The average Bonchev–Trinajstić information content (AvgIpc) is 2.79. The summed E-state index contributed by atoms with van der Waals surface area (Å²) in [5.41, 5.74) is 5.45. The molecule has 0 spiro atoms. The van der Waals surface area contributed by atoms with E-state index in [-0.39, 0.29) is 5.91 Å². The summed E-state index contributed by atoms with van der Waals surface area (Å²) in [7, 11) is 1.64. The molecule has 0 fully saturated rings. The van der Waals surface area contributed by atoms with Crippen molar-refractivity contribution >= 4 is 16.8 Å². The Morgan fingerprint density at radius 1 is 0.967 bits per heavy atom. The number of fused-ring (bicyclic) bond motifs is 1. The number of aromatic nitrogens is 1. The predicted molar refractivity (Wildman–Crippen MR) is 121 cm³/mol. The van der Waals surface area contributed by atoms with Crippen LogP contribution in [0.3, 0.4) is 0 Å². The number of carbonyl (C=O) groups is 1. The second-order valence-corrected chi connectivity index (χ2v) is 7.30.